The van der Waals surface area contributed by atoms with Crippen molar-refractivity contribution in [3.63, 3.8) is 0 Å². The molecule has 0 rings (SSSR count). The molecule has 86 valence electrons. The minimum absolute atomic E-state index is 0.313. The highest BCUT2D eigenvalue weighted by Crippen LogP contribution is 2.48. The van der Waals surface area contributed by atoms with Gasteiger partial charge < -0.3 is 5.11 Å². The Hall–Kier alpha value is -0.250. The maximum absolute atomic E-state index is 12.6. The Morgan fingerprint density at radius 1 is 1.07 bits per heavy atom. The molecule has 0 spiro atoms. The molecule has 0 bridgehead atoms. The van der Waals surface area contributed by atoms with E-state index in [0.29, 0.717) is 19.3 Å². The Balaban J connectivity index is 5.00. The van der Waals surface area contributed by atoms with E-state index in [-0.39, 0.29) is 0 Å². The molecule has 0 aliphatic heterocycles. The van der Waals surface area contributed by atoms with Gasteiger partial charge in [0, 0.05) is 5.41 Å². The van der Waals surface area contributed by atoms with Crippen molar-refractivity contribution in [1.29, 1.82) is 0 Å². The van der Waals surface area contributed by atoms with Gasteiger partial charge in [0.05, 0.1) is 0 Å². The van der Waals surface area contributed by atoms with Crippen molar-refractivity contribution in [3.05, 3.63) is 0 Å². The van der Waals surface area contributed by atoms with Crippen LogP contribution in [0.3, 0.4) is 0 Å². The van der Waals surface area contributed by atoms with Gasteiger partial charge in [0.1, 0.15) is 0 Å². The van der Waals surface area contributed by atoms with E-state index in [4.69, 9.17) is 0 Å². The molecule has 0 aliphatic rings. The average molecular weight is 212 g/mol. The van der Waals surface area contributed by atoms with Crippen LogP contribution in [0.15, 0.2) is 0 Å². The van der Waals surface area contributed by atoms with E-state index >= 15 is 0 Å². The van der Waals surface area contributed by atoms with Gasteiger partial charge in [-0.15, -0.1) is 0 Å². The van der Waals surface area contributed by atoms with E-state index in [1.54, 1.807) is 6.92 Å². The summed E-state index contributed by atoms with van der Waals surface area (Å²) in [4.78, 5) is 0. The number of alkyl halides is 3. The summed E-state index contributed by atoms with van der Waals surface area (Å²) >= 11 is 0. The molecule has 14 heavy (non-hydrogen) atoms. The van der Waals surface area contributed by atoms with Crippen molar-refractivity contribution in [2.24, 2.45) is 5.41 Å². The zero-order valence-electron chi connectivity index (χ0n) is 9.20. The van der Waals surface area contributed by atoms with E-state index in [1.807, 2.05) is 6.92 Å². The number of aliphatic hydroxyl groups is 1. The van der Waals surface area contributed by atoms with Gasteiger partial charge in [-0.25, -0.2) is 0 Å². The van der Waals surface area contributed by atoms with Gasteiger partial charge in [0.15, 0.2) is 5.60 Å². The SMILES string of the molecule is CCCC(C)(CC)C(C)(O)C(F)(F)F. The average Bonchev–Trinajstić information content (AvgIpc) is 2.02. The van der Waals surface area contributed by atoms with Crippen molar-refractivity contribution < 1.29 is 18.3 Å². The molecule has 0 fully saturated rings. The van der Waals surface area contributed by atoms with Gasteiger partial charge >= 0.3 is 6.18 Å². The molecule has 0 amide bonds. The van der Waals surface area contributed by atoms with E-state index in [0.717, 1.165) is 6.92 Å². The first kappa shape index (κ1) is 13.8. The second-order valence-corrected chi connectivity index (χ2v) is 4.23. The minimum atomic E-state index is -4.56. The molecule has 4 heteroatoms. The molecule has 0 aromatic rings. The van der Waals surface area contributed by atoms with E-state index < -0.39 is 17.2 Å². The molecule has 0 saturated heterocycles. The number of hydrogen-bond donors (Lipinski definition) is 1. The second kappa shape index (κ2) is 4.09. The Kier molecular flexibility index (Phi) is 4.02. The van der Waals surface area contributed by atoms with Gasteiger partial charge in [0.2, 0.25) is 0 Å². The van der Waals surface area contributed by atoms with Crippen LogP contribution in [0.1, 0.15) is 47.0 Å². The Bertz CT molecular complexity index is 186. The molecular weight excluding hydrogens is 193 g/mol. The lowest BCUT2D eigenvalue weighted by molar-refractivity contribution is -0.294. The zero-order chi connectivity index (χ0) is 11.6. The molecule has 1 N–H and O–H groups in total. The summed E-state index contributed by atoms with van der Waals surface area (Å²) in [6.45, 7) is 5.85. The molecule has 0 aromatic carbocycles. The van der Waals surface area contributed by atoms with Crippen molar-refractivity contribution in [3.8, 4) is 0 Å². The normalized spacial score (nSPS) is 21.4. The van der Waals surface area contributed by atoms with Crippen LogP contribution < -0.4 is 0 Å². The van der Waals surface area contributed by atoms with E-state index in [2.05, 4.69) is 0 Å². The predicted molar refractivity (Wildman–Crippen MR) is 50.0 cm³/mol. The standard InChI is InChI=1S/C10H19F3O/c1-5-7-8(3,6-2)9(4,14)10(11,12)13/h14H,5-7H2,1-4H3. The molecule has 2 unspecified atom stereocenters. The first-order valence-electron chi connectivity index (χ1n) is 4.91. The summed E-state index contributed by atoms with van der Waals surface area (Å²) < 4.78 is 37.8. The Labute approximate surface area is 83.3 Å². The summed E-state index contributed by atoms with van der Waals surface area (Å²) in [5.74, 6) is 0. The van der Waals surface area contributed by atoms with Crippen LogP contribution in [0.4, 0.5) is 13.2 Å². The van der Waals surface area contributed by atoms with Gasteiger partial charge in [-0.3, -0.25) is 0 Å². The van der Waals surface area contributed by atoms with Crippen LogP contribution in [0.5, 0.6) is 0 Å². The molecule has 0 heterocycles. The number of halogens is 3. The van der Waals surface area contributed by atoms with Crippen LogP contribution >= 0.6 is 0 Å². The van der Waals surface area contributed by atoms with Crippen LogP contribution in [0.2, 0.25) is 0 Å². The lowest BCUT2D eigenvalue weighted by atomic mass is 9.69. The maximum Gasteiger partial charge on any atom is 0.417 e. The first-order chi connectivity index (χ1) is 6.12. The van der Waals surface area contributed by atoms with Crippen LogP contribution in [0, 0.1) is 5.41 Å². The fourth-order valence-electron chi connectivity index (χ4n) is 1.66. The third-order valence-corrected chi connectivity index (χ3v) is 3.31. The quantitative estimate of drug-likeness (QED) is 0.756. The monoisotopic (exact) mass is 212 g/mol. The summed E-state index contributed by atoms with van der Waals surface area (Å²) in [5.41, 5.74) is -3.70. The van der Waals surface area contributed by atoms with Gasteiger partial charge in [-0.2, -0.15) is 13.2 Å². The van der Waals surface area contributed by atoms with Crippen LogP contribution in [-0.2, 0) is 0 Å². The van der Waals surface area contributed by atoms with Crippen molar-refractivity contribution in [2.75, 3.05) is 0 Å². The second-order valence-electron chi connectivity index (χ2n) is 4.23. The van der Waals surface area contributed by atoms with E-state index in [1.165, 1.54) is 6.92 Å². The molecule has 2 atom stereocenters. The topological polar surface area (TPSA) is 20.2 Å². The first-order valence-corrected chi connectivity index (χ1v) is 4.91. The molecular formula is C10H19F3O. The van der Waals surface area contributed by atoms with E-state index in [9.17, 15) is 18.3 Å². The van der Waals surface area contributed by atoms with Gasteiger partial charge in [-0.1, -0.05) is 27.2 Å². The largest absolute Gasteiger partial charge is 0.417 e. The number of rotatable bonds is 4. The lowest BCUT2D eigenvalue weighted by Crippen LogP contribution is -2.54. The highest BCUT2D eigenvalue weighted by molar-refractivity contribution is 4.97. The van der Waals surface area contributed by atoms with Gasteiger partial charge in [-0.05, 0) is 19.8 Å². The van der Waals surface area contributed by atoms with Crippen LogP contribution in [0.25, 0.3) is 0 Å². The highest BCUT2D eigenvalue weighted by atomic mass is 19.4. The zero-order valence-corrected chi connectivity index (χ0v) is 9.20. The number of hydrogen-bond acceptors (Lipinski definition) is 1. The predicted octanol–water partition coefficient (Wildman–Crippen LogP) is 3.52. The van der Waals surface area contributed by atoms with Crippen molar-refractivity contribution in [1.82, 2.24) is 0 Å². The highest BCUT2D eigenvalue weighted by Gasteiger charge is 2.59. The fourth-order valence-corrected chi connectivity index (χ4v) is 1.66. The minimum Gasteiger partial charge on any atom is -0.380 e. The van der Waals surface area contributed by atoms with Crippen molar-refractivity contribution >= 4 is 0 Å². The summed E-state index contributed by atoms with van der Waals surface area (Å²) in [5, 5.41) is 9.58. The van der Waals surface area contributed by atoms with Crippen molar-refractivity contribution in [2.45, 2.75) is 58.7 Å². The molecule has 0 aliphatic carbocycles. The molecule has 0 aromatic heterocycles. The van der Waals surface area contributed by atoms with Gasteiger partial charge in [0.25, 0.3) is 0 Å². The summed E-state index contributed by atoms with van der Waals surface area (Å²) in [6, 6.07) is 0. The summed E-state index contributed by atoms with van der Waals surface area (Å²) in [7, 11) is 0. The molecule has 1 nitrogen and oxygen atoms in total. The maximum atomic E-state index is 12.6. The lowest BCUT2D eigenvalue weighted by Gasteiger charge is -2.43. The Morgan fingerprint density at radius 3 is 1.71 bits per heavy atom. The third kappa shape index (κ3) is 2.22. The fraction of sp³-hybridized carbons (Fsp3) is 1.00. The third-order valence-electron chi connectivity index (χ3n) is 3.31. The van der Waals surface area contributed by atoms with Crippen LogP contribution in [-0.4, -0.2) is 16.9 Å². The molecule has 0 radical (unpaired) electrons. The molecule has 0 saturated carbocycles. The Morgan fingerprint density at radius 2 is 1.50 bits per heavy atom. The smallest absolute Gasteiger partial charge is 0.380 e. The summed E-state index contributed by atoms with van der Waals surface area (Å²) in [6.07, 6.45) is -3.24.